The lowest BCUT2D eigenvalue weighted by atomic mass is 10.2. The van der Waals surface area contributed by atoms with Crippen molar-refractivity contribution in [2.75, 3.05) is 29.0 Å². The number of nitrogen functional groups attached to an aromatic ring is 1. The number of nitrogens with one attached hydrogen (secondary N) is 1. The molecule has 0 aliphatic carbocycles. The molecule has 6 heteroatoms. The van der Waals surface area contributed by atoms with Crippen LogP contribution in [-0.4, -0.2) is 35.2 Å². The van der Waals surface area contributed by atoms with E-state index >= 15 is 0 Å². The molecule has 6 nitrogen and oxygen atoms in total. The first-order valence-corrected chi connectivity index (χ1v) is 7.84. The van der Waals surface area contributed by atoms with Gasteiger partial charge >= 0.3 is 5.97 Å². The van der Waals surface area contributed by atoms with Crippen LogP contribution in [0.2, 0.25) is 0 Å². The zero-order valence-electron chi connectivity index (χ0n) is 13.2. The summed E-state index contributed by atoms with van der Waals surface area (Å²) in [7, 11) is 0. The van der Waals surface area contributed by atoms with Crippen molar-refractivity contribution < 1.29 is 9.90 Å². The number of carbonyl (C=O) groups is 1. The fraction of sp³-hybridized carbons (Fsp3) is 0.222. The van der Waals surface area contributed by atoms with Gasteiger partial charge in [-0.2, -0.15) is 0 Å². The summed E-state index contributed by atoms with van der Waals surface area (Å²) in [6.45, 7) is 1.90. The number of hydrogen-bond donors (Lipinski definition) is 3. The topological polar surface area (TPSA) is 91.5 Å². The Morgan fingerprint density at radius 3 is 2.75 bits per heavy atom. The van der Waals surface area contributed by atoms with Gasteiger partial charge < -0.3 is 21.1 Å². The number of nitrogens with zero attached hydrogens (tertiary/aromatic N) is 2. The molecule has 24 heavy (non-hydrogen) atoms. The summed E-state index contributed by atoms with van der Waals surface area (Å²) < 4.78 is 0. The van der Waals surface area contributed by atoms with E-state index in [2.05, 4.69) is 15.2 Å². The summed E-state index contributed by atoms with van der Waals surface area (Å²) >= 11 is 0. The summed E-state index contributed by atoms with van der Waals surface area (Å²) in [6.07, 6.45) is 5.32. The van der Waals surface area contributed by atoms with Crippen LogP contribution < -0.4 is 16.0 Å². The Hall–Kier alpha value is -3.02. The molecule has 0 unspecified atom stereocenters. The van der Waals surface area contributed by atoms with Gasteiger partial charge in [0.15, 0.2) is 0 Å². The van der Waals surface area contributed by atoms with Gasteiger partial charge in [-0.05, 0) is 54.5 Å². The highest BCUT2D eigenvalue weighted by Crippen LogP contribution is 2.23. The quantitative estimate of drug-likeness (QED) is 0.578. The molecule has 1 atom stereocenters. The maximum atomic E-state index is 10.5. The van der Waals surface area contributed by atoms with Crippen molar-refractivity contribution in [1.82, 2.24) is 4.98 Å². The third-order valence-corrected chi connectivity index (χ3v) is 4.00. The second-order valence-corrected chi connectivity index (χ2v) is 5.82. The first-order valence-electron chi connectivity index (χ1n) is 7.84. The third-order valence-electron chi connectivity index (χ3n) is 4.00. The molecule has 0 spiro atoms. The van der Waals surface area contributed by atoms with Crippen LogP contribution in [0, 0.1) is 0 Å². The lowest BCUT2D eigenvalue weighted by Gasteiger charge is -2.19. The fourth-order valence-electron chi connectivity index (χ4n) is 2.76. The van der Waals surface area contributed by atoms with E-state index in [1.165, 1.54) is 11.8 Å². The first-order chi connectivity index (χ1) is 11.6. The molecule has 2 heterocycles. The predicted molar refractivity (Wildman–Crippen MR) is 96.0 cm³/mol. The largest absolute Gasteiger partial charge is 0.478 e. The highest BCUT2D eigenvalue weighted by Gasteiger charge is 2.22. The van der Waals surface area contributed by atoms with Crippen LogP contribution in [-0.2, 0) is 4.79 Å². The van der Waals surface area contributed by atoms with E-state index in [0.29, 0.717) is 6.04 Å². The summed E-state index contributed by atoms with van der Waals surface area (Å²) in [5.74, 6) is -0.169. The number of pyridine rings is 1. The summed E-state index contributed by atoms with van der Waals surface area (Å²) in [6, 6.07) is 12.0. The van der Waals surface area contributed by atoms with Gasteiger partial charge in [-0.3, -0.25) is 0 Å². The van der Waals surface area contributed by atoms with E-state index in [0.717, 1.165) is 42.7 Å². The van der Waals surface area contributed by atoms with Crippen molar-refractivity contribution in [2.24, 2.45) is 0 Å². The van der Waals surface area contributed by atoms with Crippen molar-refractivity contribution >= 4 is 29.2 Å². The van der Waals surface area contributed by atoms with Crippen LogP contribution >= 0.6 is 0 Å². The predicted octanol–water partition coefficient (Wildman–Crippen LogP) is 2.45. The Morgan fingerprint density at radius 2 is 2.08 bits per heavy atom. The SMILES string of the molecule is Nc1ccc(N2CC[C@@H](Nc3ccc(C=CC(=O)O)cn3)C2)cc1. The van der Waals surface area contributed by atoms with Crippen LogP contribution in [0.25, 0.3) is 6.08 Å². The summed E-state index contributed by atoms with van der Waals surface area (Å²) in [4.78, 5) is 17.2. The number of rotatable bonds is 5. The van der Waals surface area contributed by atoms with Gasteiger partial charge in [-0.15, -0.1) is 0 Å². The molecular weight excluding hydrogens is 304 g/mol. The smallest absolute Gasteiger partial charge is 0.328 e. The maximum absolute atomic E-state index is 10.5. The van der Waals surface area contributed by atoms with Crippen molar-refractivity contribution in [2.45, 2.75) is 12.5 Å². The zero-order chi connectivity index (χ0) is 16.9. The Balaban J connectivity index is 1.57. The van der Waals surface area contributed by atoms with Gasteiger partial charge in [0, 0.05) is 42.8 Å². The lowest BCUT2D eigenvalue weighted by molar-refractivity contribution is -0.131. The van der Waals surface area contributed by atoms with Gasteiger partial charge in [0.2, 0.25) is 0 Å². The van der Waals surface area contributed by atoms with Crippen LogP contribution in [0.1, 0.15) is 12.0 Å². The molecule has 1 aromatic heterocycles. The molecule has 0 amide bonds. The van der Waals surface area contributed by atoms with Gasteiger partial charge in [0.05, 0.1) is 0 Å². The standard InChI is InChI=1S/C18H20N4O2/c19-14-3-5-16(6-4-14)22-10-9-15(12-22)21-17-7-1-13(11-20-17)2-8-18(23)24/h1-8,11,15H,9-10,12,19H2,(H,20,21)(H,23,24)/t15-/m1/s1. The Kier molecular flexibility index (Phi) is 4.65. The van der Waals surface area contributed by atoms with E-state index in [1.807, 2.05) is 36.4 Å². The minimum absolute atomic E-state index is 0.329. The van der Waals surface area contributed by atoms with Crippen LogP contribution in [0.3, 0.4) is 0 Å². The Labute approximate surface area is 140 Å². The third kappa shape index (κ3) is 4.04. The number of nitrogens with two attached hydrogens (primary N) is 1. The Bertz CT molecular complexity index is 726. The number of carboxylic acid groups (broad SMARTS) is 1. The number of hydrogen-bond acceptors (Lipinski definition) is 5. The molecule has 1 saturated heterocycles. The van der Waals surface area contributed by atoms with Crippen molar-refractivity contribution in [3.63, 3.8) is 0 Å². The molecule has 0 bridgehead atoms. The van der Waals surface area contributed by atoms with Gasteiger partial charge in [0.25, 0.3) is 0 Å². The summed E-state index contributed by atoms with van der Waals surface area (Å²) in [5.41, 5.74) is 8.44. The van der Waals surface area contributed by atoms with Gasteiger partial charge in [0.1, 0.15) is 5.82 Å². The molecule has 2 aromatic rings. The van der Waals surface area contributed by atoms with Crippen molar-refractivity contribution in [1.29, 1.82) is 0 Å². The van der Waals surface area contributed by atoms with Crippen molar-refractivity contribution in [3.05, 3.63) is 54.2 Å². The Morgan fingerprint density at radius 1 is 1.29 bits per heavy atom. The van der Waals surface area contributed by atoms with Crippen LogP contribution in [0.5, 0.6) is 0 Å². The minimum atomic E-state index is -0.967. The number of benzene rings is 1. The molecule has 124 valence electrons. The van der Waals surface area contributed by atoms with Crippen LogP contribution in [0.15, 0.2) is 48.7 Å². The van der Waals surface area contributed by atoms with Gasteiger partial charge in [-0.1, -0.05) is 0 Å². The molecule has 1 fully saturated rings. The molecule has 3 rings (SSSR count). The molecule has 1 aliphatic heterocycles. The first kappa shape index (κ1) is 15.9. The second kappa shape index (κ2) is 7.04. The average molecular weight is 324 g/mol. The molecule has 4 N–H and O–H groups in total. The fourth-order valence-corrected chi connectivity index (χ4v) is 2.76. The minimum Gasteiger partial charge on any atom is -0.478 e. The zero-order valence-corrected chi connectivity index (χ0v) is 13.2. The highest BCUT2D eigenvalue weighted by molar-refractivity contribution is 5.85. The number of anilines is 3. The monoisotopic (exact) mass is 324 g/mol. The van der Waals surface area contributed by atoms with Gasteiger partial charge in [-0.25, -0.2) is 9.78 Å². The molecule has 0 saturated carbocycles. The number of aromatic nitrogens is 1. The normalized spacial score (nSPS) is 17.3. The number of aliphatic carboxylic acids is 1. The highest BCUT2D eigenvalue weighted by atomic mass is 16.4. The molecular formula is C18H20N4O2. The second-order valence-electron chi connectivity index (χ2n) is 5.82. The maximum Gasteiger partial charge on any atom is 0.328 e. The average Bonchev–Trinajstić information content (AvgIpc) is 3.03. The molecule has 1 aliphatic rings. The summed E-state index contributed by atoms with van der Waals surface area (Å²) in [5, 5.41) is 12.0. The lowest BCUT2D eigenvalue weighted by Crippen LogP contribution is -2.26. The van der Waals surface area contributed by atoms with Crippen LogP contribution in [0.4, 0.5) is 17.2 Å². The van der Waals surface area contributed by atoms with E-state index in [9.17, 15) is 4.79 Å². The molecule has 0 radical (unpaired) electrons. The number of carboxylic acids is 1. The van der Waals surface area contributed by atoms with E-state index in [1.54, 1.807) is 6.20 Å². The van der Waals surface area contributed by atoms with E-state index in [4.69, 9.17) is 10.8 Å². The molecule has 1 aromatic carbocycles. The van der Waals surface area contributed by atoms with E-state index in [-0.39, 0.29) is 0 Å². The van der Waals surface area contributed by atoms with Crippen molar-refractivity contribution in [3.8, 4) is 0 Å². The van der Waals surface area contributed by atoms with E-state index < -0.39 is 5.97 Å².